The normalized spacial score (nSPS) is 14.0. The highest BCUT2D eigenvalue weighted by Gasteiger charge is 2.16. The molecule has 0 amide bonds. The number of anilines is 1. The summed E-state index contributed by atoms with van der Waals surface area (Å²) in [5.41, 5.74) is 0.775. The first-order chi connectivity index (χ1) is 12.1. The Morgan fingerprint density at radius 3 is 3.00 bits per heavy atom. The van der Waals surface area contributed by atoms with E-state index < -0.39 is 0 Å². The average molecular weight is 407 g/mol. The van der Waals surface area contributed by atoms with Gasteiger partial charge in [-0.15, -0.1) is 0 Å². The minimum absolute atomic E-state index is 0.00845. The van der Waals surface area contributed by atoms with Crippen LogP contribution >= 0.6 is 15.9 Å². The summed E-state index contributed by atoms with van der Waals surface area (Å²) in [7, 11) is 1.84. The van der Waals surface area contributed by atoms with Gasteiger partial charge in [0.05, 0.1) is 5.39 Å². The van der Waals surface area contributed by atoms with Gasteiger partial charge in [-0.1, -0.05) is 0 Å². The molecule has 1 aliphatic rings. The van der Waals surface area contributed by atoms with Crippen LogP contribution in [0.3, 0.4) is 0 Å². The van der Waals surface area contributed by atoms with Gasteiger partial charge >= 0.3 is 5.69 Å². The number of nitrogens with zero attached hydrogens (tertiary/aromatic N) is 7. The molecule has 9 nitrogen and oxygen atoms in total. The van der Waals surface area contributed by atoms with Crippen LogP contribution in [-0.2, 0) is 26.6 Å². The molecule has 0 saturated carbocycles. The largest absolute Gasteiger partial charge is 0.369 e. The highest BCUT2D eigenvalue weighted by Crippen LogP contribution is 2.26. The number of aryl methyl sites for hydroxylation is 3. The molecule has 0 fully saturated rings. The molecule has 0 radical (unpaired) electrons. The highest BCUT2D eigenvalue weighted by atomic mass is 79.9. The molecule has 0 aromatic carbocycles. The van der Waals surface area contributed by atoms with Gasteiger partial charge in [-0.2, -0.15) is 10.2 Å². The summed E-state index contributed by atoms with van der Waals surface area (Å²) < 4.78 is 5.81. The van der Waals surface area contributed by atoms with Crippen molar-refractivity contribution in [3.05, 3.63) is 27.2 Å². The van der Waals surface area contributed by atoms with E-state index in [1.165, 1.54) is 6.33 Å². The zero-order valence-electron chi connectivity index (χ0n) is 13.9. The van der Waals surface area contributed by atoms with Gasteiger partial charge in [0.2, 0.25) is 0 Å². The second-order valence-electron chi connectivity index (χ2n) is 6.15. The third kappa shape index (κ3) is 2.94. The van der Waals surface area contributed by atoms with Gasteiger partial charge in [0.15, 0.2) is 5.65 Å². The molecule has 0 atom stereocenters. The fourth-order valence-corrected chi connectivity index (χ4v) is 3.81. The maximum atomic E-state index is 12.3. The average Bonchev–Trinajstić information content (AvgIpc) is 3.10. The summed E-state index contributed by atoms with van der Waals surface area (Å²) in [5.74, 6) is 1.66. The van der Waals surface area contributed by atoms with Gasteiger partial charge in [-0.05, 0) is 35.2 Å². The van der Waals surface area contributed by atoms with Crippen LogP contribution in [0.2, 0.25) is 0 Å². The fraction of sp³-hybridized carbons (Fsp3) is 0.533. The van der Waals surface area contributed by atoms with E-state index in [-0.39, 0.29) is 5.69 Å². The number of aromatic nitrogens is 7. The van der Waals surface area contributed by atoms with Crippen LogP contribution in [0.25, 0.3) is 11.0 Å². The summed E-state index contributed by atoms with van der Waals surface area (Å²) in [6.45, 7) is 2.07. The van der Waals surface area contributed by atoms with Gasteiger partial charge < -0.3 is 5.32 Å². The predicted molar refractivity (Wildman–Crippen MR) is 96.5 cm³/mol. The molecule has 1 N–H and O–H groups in total. The van der Waals surface area contributed by atoms with E-state index in [1.807, 2.05) is 7.05 Å². The second kappa shape index (κ2) is 6.58. The van der Waals surface area contributed by atoms with E-state index in [2.05, 4.69) is 41.4 Å². The molecule has 0 saturated heterocycles. The lowest BCUT2D eigenvalue weighted by Crippen LogP contribution is -2.27. The van der Waals surface area contributed by atoms with Gasteiger partial charge in [0.25, 0.3) is 0 Å². The molecule has 25 heavy (non-hydrogen) atoms. The van der Waals surface area contributed by atoms with Gasteiger partial charge in [0.1, 0.15) is 22.6 Å². The maximum absolute atomic E-state index is 12.3. The van der Waals surface area contributed by atoms with Crippen molar-refractivity contribution in [1.82, 2.24) is 34.1 Å². The van der Waals surface area contributed by atoms with Gasteiger partial charge in [-0.3, -0.25) is 4.57 Å². The molecule has 4 rings (SSSR count). The van der Waals surface area contributed by atoms with Crippen molar-refractivity contribution in [3.8, 4) is 0 Å². The second-order valence-corrected chi connectivity index (χ2v) is 6.90. The van der Waals surface area contributed by atoms with Crippen LogP contribution in [0.15, 0.2) is 15.7 Å². The third-order valence-electron chi connectivity index (χ3n) is 4.45. The Morgan fingerprint density at radius 2 is 2.16 bits per heavy atom. The van der Waals surface area contributed by atoms with Crippen molar-refractivity contribution in [1.29, 1.82) is 0 Å². The molecule has 3 aromatic rings. The molecule has 0 spiro atoms. The number of fused-ring (bicyclic) bond motifs is 2. The van der Waals surface area contributed by atoms with Crippen molar-refractivity contribution >= 4 is 32.8 Å². The molecular weight excluding hydrogens is 388 g/mol. The summed E-state index contributed by atoms with van der Waals surface area (Å²) in [6.07, 6.45) is 5.37. The summed E-state index contributed by atoms with van der Waals surface area (Å²) in [4.78, 5) is 20.9. The first-order valence-electron chi connectivity index (χ1n) is 8.39. The minimum atomic E-state index is 0.00845. The van der Waals surface area contributed by atoms with Crippen molar-refractivity contribution in [2.45, 2.75) is 38.8 Å². The lowest BCUT2D eigenvalue weighted by atomic mass is 10.2. The number of hydrogen-bond donors (Lipinski definition) is 1. The predicted octanol–water partition coefficient (Wildman–Crippen LogP) is 1.32. The van der Waals surface area contributed by atoms with Crippen LogP contribution in [0.5, 0.6) is 0 Å². The molecule has 0 bridgehead atoms. The number of hydrogen-bond acceptors (Lipinski definition) is 6. The van der Waals surface area contributed by atoms with Crippen molar-refractivity contribution < 1.29 is 0 Å². The third-order valence-corrected chi connectivity index (χ3v) is 5.00. The zero-order valence-corrected chi connectivity index (χ0v) is 15.5. The van der Waals surface area contributed by atoms with E-state index in [0.29, 0.717) is 17.7 Å². The Balaban J connectivity index is 1.42. The zero-order chi connectivity index (χ0) is 17.4. The standard InChI is InChI=1S/C15H19BrN8O/c1-22-14-11(12(16)21-22)13(18-9-19-14)17-6-4-8-24-15(25)23-7-3-2-5-10(23)20-24/h9H,2-8H2,1H3,(H,17,18,19). The maximum Gasteiger partial charge on any atom is 0.345 e. The van der Waals surface area contributed by atoms with E-state index in [0.717, 1.165) is 54.9 Å². The molecular formula is C15H19BrN8O. The van der Waals surface area contributed by atoms with Crippen LogP contribution in [0, 0.1) is 0 Å². The Bertz CT molecular complexity index is 972. The molecule has 0 aliphatic carbocycles. The van der Waals surface area contributed by atoms with Crippen LogP contribution in [-0.4, -0.2) is 40.6 Å². The molecule has 4 heterocycles. The van der Waals surface area contributed by atoms with Crippen molar-refractivity contribution in [2.24, 2.45) is 7.05 Å². The first kappa shape index (κ1) is 16.2. The Labute approximate surface area is 152 Å². The summed E-state index contributed by atoms with van der Waals surface area (Å²) in [6, 6.07) is 0. The van der Waals surface area contributed by atoms with Crippen molar-refractivity contribution in [3.63, 3.8) is 0 Å². The quantitative estimate of drug-likeness (QED) is 0.641. The van der Waals surface area contributed by atoms with Crippen molar-refractivity contribution in [2.75, 3.05) is 11.9 Å². The smallest absolute Gasteiger partial charge is 0.345 e. The number of nitrogens with one attached hydrogen (secondary N) is 1. The first-order valence-corrected chi connectivity index (χ1v) is 9.18. The van der Waals surface area contributed by atoms with Crippen LogP contribution in [0.4, 0.5) is 5.82 Å². The molecule has 3 aromatic heterocycles. The minimum Gasteiger partial charge on any atom is -0.369 e. The van der Waals surface area contributed by atoms with E-state index in [4.69, 9.17) is 0 Å². The molecule has 10 heteroatoms. The Hall–Kier alpha value is -2.23. The highest BCUT2D eigenvalue weighted by molar-refractivity contribution is 9.10. The topological polar surface area (TPSA) is 95.5 Å². The fourth-order valence-electron chi connectivity index (χ4n) is 3.20. The molecule has 132 valence electrons. The lowest BCUT2D eigenvalue weighted by molar-refractivity contribution is 0.510. The van der Waals surface area contributed by atoms with E-state index >= 15 is 0 Å². The number of halogens is 1. The number of rotatable bonds is 5. The van der Waals surface area contributed by atoms with Crippen LogP contribution in [0.1, 0.15) is 25.1 Å². The van der Waals surface area contributed by atoms with E-state index in [9.17, 15) is 4.79 Å². The summed E-state index contributed by atoms with van der Waals surface area (Å²) in [5, 5.41) is 12.9. The van der Waals surface area contributed by atoms with Crippen LogP contribution < -0.4 is 11.0 Å². The van der Waals surface area contributed by atoms with Gasteiger partial charge in [0, 0.05) is 33.1 Å². The SMILES string of the molecule is Cn1nc(Br)c2c(NCCCn3nc4n(c3=O)CCCC4)ncnc21. The lowest BCUT2D eigenvalue weighted by Gasteiger charge is -2.09. The summed E-state index contributed by atoms with van der Waals surface area (Å²) >= 11 is 3.45. The Kier molecular flexibility index (Phi) is 4.28. The molecule has 0 unspecified atom stereocenters. The molecule has 1 aliphatic heterocycles. The van der Waals surface area contributed by atoms with E-state index in [1.54, 1.807) is 13.9 Å². The Morgan fingerprint density at radius 1 is 1.28 bits per heavy atom. The monoisotopic (exact) mass is 406 g/mol. The van der Waals surface area contributed by atoms with Gasteiger partial charge in [-0.25, -0.2) is 24.1 Å².